The Kier molecular flexibility index (Phi) is 6.05. The molecule has 95 valence electrons. The first kappa shape index (κ1) is 19.0. The van der Waals surface area contributed by atoms with Crippen molar-refractivity contribution in [1.82, 2.24) is 4.13 Å². The number of sulfonamides is 2. The average molecular weight is 420 g/mol. The van der Waals surface area contributed by atoms with Gasteiger partial charge < -0.3 is 0 Å². The van der Waals surface area contributed by atoms with Crippen molar-refractivity contribution in [2.24, 2.45) is 0 Å². The Labute approximate surface area is 113 Å². The summed E-state index contributed by atoms with van der Waals surface area (Å²) in [6, 6.07) is 0. The molecule has 0 amide bonds. The maximum Gasteiger partial charge on any atom is 0.512 e. The van der Waals surface area contributed by atoms with Crippen LogP contribution >= 0.6 is 0 Å². The van der Waals surface area contributed by atoms with Gasteiger partial charge in [-0.2, -0.15) is 26.3 Å². The first-order valence-corrected chi connectivity index (χ1v) is 5.58. The van der Waals surface area contributed by atoms with E-state index in [1.165, 1.54) is 0 Å². The molecular formula is C2HF6LaNO4S2. The van der Waals surface area contributed by atoms with Gasteiger partial charge in [0.05, 0.1) is 0 Å². The van der Waals surface area contributed by atoms with Crippen molar-refractivity contribution in [1.29, 1.82) is 0 Å². The van der Waals surface area contributed by atoms with Crippen LogP contribution in [-0.2, 0) is 20.0 Å². The van der Waals surface area contributed by atoms with Crippen LogP contribution in [0.1, 0.15) is 0 Å². The van der Waals surface area contributed by atoms with Gasteiger partial charge in [-0.25, -0.2) is 16.8 Å². The van der Waals surface area contributed by atoms with Crippen molar-refractivity contribution in [3.63, 3.8) is 0 Å². The fourth-order valence-electron chi connectivity index (χ4n) is 0.239. The molecule has 1 N–H and O–H groups in total. The van der Waals surface area contributed by atoms with Crippen LogP contribution in [0, 0.1) is 35.6 Å². The van der Waals surface area contributed by atoms with E-state index < -0.39 is 35.2 Å². The summed E-state index contributed by atoms with van der Waals surface area (Å²) in [6.07, 6.45) is 0. The van der Waals surface area contributed by atoms with Gasteiger partial charge >= 0.3 is 31.1 Å². The second-order valence-electron chi connectivity index (χ2n) is 1.98. The Morgan fingerprint density at radius 1 is 0.688 bits per heavy atom. The van der Waals surface area contributed by atoms with Crippen LogP contribution in [0.4, 0.5) is 26.3 Å². The molecule has 14 heteroatoms. The van der Waals surface area contributed by atoms with E-state index >= 15 is 0 Å². The molecule has 0 saturated heterocycles. The fourth-order valence-corrected chi connectivity index (χ4v) is 2.15. The number of halogens is 6. The van der Waals surface area contributed by atoms with Crippen molar-refractivity contribution in [3.05, 3.63) is 0 Å². The molecule has 0 spiro atoms. The van der Waals surface area contributed by atoms with Gasteiger partial charge in [0.2, 0.25) is 0 Å². The average Bonchev–Trinajstić information content (AvgIpc) is 1.77. The van der Waals surface area contributed by atoms with E-state index in [1.54, 1.807) is 0 Å². The molecule has 16 heavy (non-hydrogen) atoms. The molecule has 0 fully saturated rings. The molecule has 0 aromatic carbocycles. The van der Waals surface area contributed by atoms with Crippen LogP contribution in [0.5, 0.6) is 0 Å². The van der Waals surface area contributed by atoms with E-state index in [9.17, 15) is 43.2 Å². The van der Waals surface area contributed by atoms with Gasteiger partial charge in [-0.05, 0) is 0 Å². The van der Waals surface area contributed by atoms with Crippen LogP contribution in [-0.4, -0.2) is 27.9 Å². The first-order chi connectivity index (χ1) is 6.21. The zero-order valence-electron chi connectivity index (χ0n) is 6.79. The molecule has 0 aliphatic heterocycles. The van der Waals surface area contributed by atoms with E-state index in [0.717, 1.165) is 0 Å². The molecule has 0 aromatic heterocycles. The SMILES string of the molecule is O=S(=O)(NS(=O)(=O)C(F)(F)F)C(F)(F)F.[La]. The molecule has 0 aliphatic carbocycles. The fraction of sp³-hybridized carbons (Fsp3) is 1.00. The topological polar surface area (TPSA) is 80.3 Å². The van der Waals surface area contributed by atoms with Crippen LogP contribution < -0.4 is 4.13 Å². The summed E-state index contributed by atoms with van der Waals surface area (Å²) in [5.74, 6) is 0. The van der Waals surface area contributed by atoms with Gasteiger partial charge in [0.25, 0.3) is 0 Å². The number of rotatable bonds is 2. The second kappa shape index (κ2) is 5.10. The standard InChI is InChI=1S/C2HF6NO4S2.La/c3-1(4,5)14(10,11)9-15(12,13)2(6,7)8;/h9H;. The summed E-state index contributed by atoms with van der Waals surface area (Å²) in [5.41, 5.74) is -12.3. The summed E-state index contributed by atoms with van der Waals surface area (Å²) in [7, 11) is -13.2. The third kappa shape index (κ3) is 4.48. The first-order valence-electron chi connectivity index (χ1n) is 2.62. The third-order valence-corrected chi connectivity index (χ3v) is 3.80. The largest absolute Gasteiger partial charge is 0.512 e. The zero-order chi connectivity index (χ0) is 12.7. The molecule has 0 atom stereocenters. The van der Waals surface area contributed by atoms with Crippen LogP contribution in [0.25, 0.3) is 0 Å². The van der Waals surface area contributed by atoms with Crippen molar-refractivity contribution in [2.75, 3.05) is 0 Å². The number of alkyl halides is 6. The van der Waals surface area contributed by atoms with E-state index in [0.29, 0.717) is 0 Å². The Morgan fingerprint density at radius 2 is 0.875 bits per heavy atom. The van der Waals surface area contributed by atoms with Gasteiger partial charge in [0.15, 0.2) is 0 Å². The Balaban J connectivity index is 0. The number of nitrogens with one attached hydrogen (secondary N) is 1. The maximum absolute atomic E-state index is 11.5. The summed E-state index contributed by atoms with van der Waals surface area (Å²) in [4.78, 5) is 0. The maximum atomic E-state index is 11.5. The molecule has 0 bridgehead atoms. The van der Waals surface area contributed by atoms with Gasteiger partial charge in [-0.3, -0.25) is 0 Å². The molecule has 0 aliphatic rings. The molecule has 1 radical (unpaired) electrons. The predicted octanol–water partition coefficient (Wildman–Crippen LogP) is 0.275. The minimum atomic E-state index is -6.60. The van der Waals surface area contributed by atoms with Gasteiger partial charge in [0.1, 0.15) is 0 Å². The summed E-state index contributed by atoms with van der Waals surface area (Å²) in [6.45, 7) is 0. The van der Waals surface area contributed by atoms with Crippen molar-refractivity contribution < 1.29 is 78.8 Å². The molecular weight excluding hydrogens is 419 g/mol. The number of hydrogen-bond donors (Lipinski definition) is 1. The number of hydrogen-bond acceptors (Lipinski definition) is 4. The Hall–Kier alpha value is 0.635. The van der Waals surface area contributed by atoms with Crippen LogP contribution in [0.2, 0.25) is 0 Å². The molecule has 0 aromatic rings. The zero-order valence-corrected chi connectivity index (χ0v) is 12.1. The minimum Gasteiger partial charge on any atom is -0.202 e. The predicted molar refractivity (Wildman–Crippen MR) is 33.1 cm³/mol. The van der Waals surface area contributed by atoms with E-state index in [4.69, 9.17) is 0 Å². The molecule has 0 saturated carbocycles. The van der Waals surface area contributed by atoms with E-state index in [-0.39, 0.29) is 35.6 Å². The Morgan fingerprint density at radius 3 is 1.00 bits per heavy atom. The third-order valence-electron chi connectivity index (χ3n) is 0.829. The van der Waals surface area contributed by atoms with Crippen LogP contribution in [0.3, 0.4) is 0 Å². The molecule has 0 rings (SSSR count). The normalized spacial score (nSPS) is 14.4. The smallest absolute Gasteiger partial charge is 0.202 e. The van der Waals surface area contributed by atoms with Crippen molar-refractivity contribution >= 4 is 20.0 Å². The van der Waals surface area contributed by atoms with Crippen LogP contribution in [0.15, 0.2) is 0 Å². The minimum absolute atomic E-state index is 0. The van der Waals surface area contributed by atoms with Crippen molar-refractivity contribution in [2.45, 2.75) is 11.0 Å². The summed E-state index contributed by atoms with van der Waals surface area (Å²) < 4.78 is 108. The molecule has 0 heterocycles. The van der Waals surface area contributed by atoms with Gasteiger partial charge in [0, 0.05) is 35.6 Å². The monoisotopic (exact) mass is 420 g/mol. The molecule has 5 nitrogen and oxygen atoms in total. The van der Waals surface area contributed by atoms with E-state index in [1.807, 2.05) is 0 Å². The van der Waals surface area contributed by atoms with E-state index in [2.05, 4.69) is 0 Å². The summed E-state index contributed by atoms with van der Waals surface area (Å²) >= 11 is 0. The molecule has 0 unspecified atom stereocenters. The van der Waals surface area contributed by atoms with Crippen molar-refractivity contribution in [3.8, 4) is 0 Å². The summed E-state index contributed by atoms with van der Waals surface area (Å²) in [5, 5.41) is 0. The van der Waals surface area contributed by atoms with Gasteiger partial charge in [-0.15, -0.1) is 0 Å². The second-order valence-corrected chi connectivity index (χ2v) is 5.59. The quantitative estimate of drug-likeness (QED) is 0.651. The van der Waals surface area contributed by atoms with Gasteiger partial charge in [-0.1, -0.05) is 4.13 Å². The Bertz CT molecular complexity index is 390.